The van der Waals surface area contributed by atoms with Gasteiger partial charge in [0.1, 0.15) is 11.9 Å². The number of alkyl halides is 6. The Morgan fingerprint density at radius 2 is 1.33 bits per heavy atom. The van der Waals surface area contributed by atoms with Crippen LogP contribution in [0.15, 0.2) is 83.7 Å². The molecule has 3 aromatic carbocycles. The molecule has 7 N–H and O–H groups in total. The highest BCUT2D eigenvalue weighted by atomic mass is 19.4. The summed E-state index contributed by atoms with van der Waals surface area (Å²) in [4.78, 5) is 47.2. The largest absolute Gasteiger partial charge is 0.506 e. The first-order valence-electron chi connectivity index (χ1n) is 19.5. The number of halogens is 6. The number of carbonyl (C=O) groups excluding carboxylic acids is 1. The van der Waals surface area contributed by atoms with Crippen molar-refractivity contribution in [3.63, 3.8) is 0 Å². The number of aromatic nitrogens is 1. The van der Waals surface area contributed by atoms with E-state index in [1.165, 1.54) is 44.2 Å². The molecule has 61 heavy (non-hydrogen) atoms. The predicted molar refractivity (Wildman–Crippen MR) is 215 cm³/mol. The van der Waals surface area contributed by atoms with Crippen molar-refractivity contribution >= 4 is 34.6 Å². The molecule has 4 aromatic rings. The molecule has 1 atom stereocenters. The number of carboxylic acid groups (broad SMARTS) is 2. The number of phenolic OH excluding ortho intramolecular Hbond substituents is 1. The van der Waals surface area contributed by atoms with E-state index >= 15 is 0 Å². The lowest BCUT2D eigenvalue weighted by molar-refractivity contribution is -0.193. The van der Waals surface area contributed by atoms with Crippen molar-refractivity contribution in [2.45, 2.75) is 82.3 Å². The van der Waals surface area contributed by atoms with Gasteiger partial charge in [0.2, 0.25) is 5.56 Å². The number of aliphatic hydroxyl groups excluding tert-OH is 1. The van der Waals surface area contributed by atoms with Crippen LogP contribution in [0.1, 0.15) is 69.5 Å². The molecule has 1 aromatic heterocycles. The minimum absolute atomic E-state index is 0.00277. The van der Waals surface area contributed by atoms with Crippen LogP contribution >= 0.6 is 0 Å². The van der Waals surface area contributed by atoms with Gasteiger partial charge in [-0.05, 0) is 68.1 Å². The highest BCUT2D eigenvalue weighted by Crippen LogP contribution is 2.29. The van der Waals surface area contributed by atoms with Crippen molar-refractivity contribution < 1.29 is 65.9 Å². The number of nitrogens with one attached hydrogen (secondary N) is 3. The highest BCUT2D eigenvalue weighted by molar-refractivity contribution is 5.91. The Morgan fingerprint density at radius 1 is 0.770 bits per heavy atom. The Labute approximate surface area is 347 Å². The number of amides is 1. The molecule has 1 aliphatic heterocycles. The van der Waals surface area contributed by atoms with E-state index in [0.29, 0.717) is 23.0 Å². The van der Waals surface area contributed by atoms with E-state index in [9.17, 15) is 46.1 Å². The SMILES string of the molecule is O=C(Nc1ccccc1-c1ccccc1)OC1CCN(CCCCCCCCCNCC(O)c2ccc(O)c3[nH]c(=O)ccc23)CC1.O=C(O)C(F)(F)F.O=C(O)C(F)(F)F. The average molecular weight is 869 g/mol. The fraction of sp³-hybridized carbons (Fsp3) is 0.429. The number of H-pyrrole nitrogens is 1. The molecule has 13 nitrogen and oxygen atoms in total. The Morgan fingerprint density at radius 3 is 1.93 bits per heavy atom. The third-order valence-electron chi connectivity index (χ3n) is 9.47. The van der Waals surface area contributed by atoms with Gasteiger partial charge >= 0.3 is 30.4 Å². The van der Waals surface area contributed by atoms with Crippen LogP contribution in [0.25, 0.3) is 22.0 Å². The lowest BCUT2D eigenvalue weighted by atomic mass is 10.0. The van der Waals surface area contributed by atoms with E-state index in [-0.39, 0.29) is 23.5 Å². The second-order valence-electron chi connectivity index (χ2n) is 14.1. The van der Waals surface area contributed by atoms with Crippen LogP contribution in [0, 0.1) is 0 Å². The maximum atomic E-state index is 12.7. The van der Waals surface area contributed by atoms with Crippen molar-refractivity contribution in [2.75, 3.05) is 38.0 Å². The number of benzene rings is 3. The van der Waals surface area contributed by atoms with E-state index in [0.717, 1.165) is 68.7 Å². The van der Waals surface area contributed by atoms with E-state index in [1.54, 1.807) is 12.1 Å². The van der Waals surface area contributed by atoms with Crippen LogP contribution < -0.4 is 16.2 Å². The number of unbranched alkanes of at least 4 members (excludes halogenated alkanes) is 6. The quantitative estimate of drug-likeness (QED) is 0.0423. The molecule has 0 radical (unpaired) electrons. The smallest absolute Gasteiger partial charge is 0.490 e. The number of rotatable bonds is 16. The second-order valence-corrected chi connectivity index (χ2v) is 14.1. The fourth-order valence-electron chi connectivity index (χ4n) is 6.37. The van der Waals surface area contributed by atoms with E-state index in [1.807, 2.05) is 54.6 Å². The molecule has 1 aliphatic rings. The van der Waals surface area contributed by atoms with Crippen molar-refractivity contribution in [3.05, 3.63) is 94.8 Å². The molecule has 0 bridgehead atoms. The Kier molecular flexibility index (Phi) is 20.0. The van der Waals surface area contributed by atoms with Crippen LogP contribution in [0.2, 0.25) is 0 Å². The van der Waals surface area contributed by atoms with Gasteiger partial charge in [-0.2, -0.15) is 26.3 Å². The third-order valence-corrected chi connectivity index (χ3v) is 9.47. The van der Waals surface area contributed by atoms with Gasteiger partial charge in [0.15, 0.2) is 0 Å². The number of aliphatic hydroxyl groups is 1. The van der Waals surface area contributed by atoms with Crippen LogP contribution in [0.4, 0.5) is 36.8 Å². The zero-order chi connectivity index (χ0) is 45.0. The summed E-state index contributed by atoms with van der Waals surface area (Å²) < 4.78 is 69.3. The number of phenols is 1. The highest BCUT2D eigenvalue weighted by Gasteiger charge is 2.39. The molecule has 5 rings (SSSR count). The van der Waals surface area contributed by atoms with Crippen LogP contribution in [0.5, 0.6) is 5.75 Å². The minimum atomic E-state index is -5.08. The summed E-state index contributed by atoms with van der Waals surface area (Å²) >= 11 is 0. The first kappa shape index (κ1) is 49.7. The van der Waals surface area contributed by atoms with Gasteiger partial charge in [0, 0.05) is 36.7 Å². The molecule has 334 valence electrons. The van der Waals surface area contributed by atoms with E-state index in [4.69, 9.17) is 24.5 Å². The molecule has 0 aliphatic carbocycles. The standard InChI is InChI=1S/C38H48N4O5.2C2HF3O2/c43-34-19-17-31(32-18-20-36(45)41-37(32)34)35(44)27-39-23-11-4-2-1-3-5-12-24-42-25-21-29(22-26-42)47-38(46)40-33-16-10-9-15-30(33)28-13-7-6-8-14-28;2*3-2(4,5)1(6)7/h6-10,13-20,29,35,39,43-44H,1-5,11-12,21-27H2,(H,40,46)(H,41,45);2*(H,6,7). The molecule has 1 fully saturated rings. The van der Waals surface area contributed by atoms with Gasteiger partial charge < -0.3 is 40.4 Å². The van der Waals surface area contributed by atoms with Crippen molar-refractivity contribution in [1.82, 2.24) is 15.2 Å². The molecular weight excluding hydrogens is 818 g/mol. The number of aromatic hydroxyl groups is 1. The van der Waals surface area contributed by atoms with Gasteiger partial charge in [-0.3, -0.25) is 10.1 Å². The van der Waals surface area contributed by atoms with Crippen molar-refractivity contribution in [3.8, 4) is 16.9 Å². The normalized spacial score (nSPS) is 13.9. The van der Waals surface area contributed by atoms with Gasteiger partial charge in [-0.15, -0.1) is 0 Å². The number of pyridine rings is 1. The Hall–Kier alpha value is -5.66. The second kappa shape index (κ2) is 24.6. The maximum Gasteiger partial charge on any atom is 0.490 e. The molecule has 2 heterocycles. The number of ether oxygens (including phenoxy) is 1. The lowest BCUT2D eigenvalue weighted by Gasteiger charge is -2.31. The van der Waals surface area contributed by atoms with E-state index < -0.39 is 30.4 Å². The van der Waals surface area contributed by atoms with Gasteiger partial charge in [0.25, 0.3) is 0 Å². The summed E-state index contributed by atoms with van der Waals surface area (Å²) in [6, 6.07) is 24.1. The number of para-hydroxylation sites is 1. The number of aromatic amines is 1. The summed E-state index contributed by atoms with van der Waals surface area (Å²) in [5, 5.41) is 41.9. The number of likely N-dealkylation sites (tertiary alicyclic amines) is 1. The Bertz CT molecular complexity index is 2020. The number of piperidine rings is 1. The summed E-state index contributed by atoms with van der Waals surface area (Å²) in [5.41, 5.74) is 3.54. The number of carbonyl (C=O) groups is 3. The summed E-state index contributed by atoms with van der Waals surface area (Å²) in [7, 11) is 0. The molecular formula is C42H50F6N4O9. The summed E-state index contributed by atoms with van der Waals surface area (Å²) in [6.45, 7) is 4.28. The van der Waals surface area contributed by atoms with Gasteiger partial charge in [-0.1, -0.05) is 86.7 Å². The van der Waals surface area contributed by atoms with Crippen molar-refractivity contribution in [2.24, 2.45) is 0 Å². The number of hydrogen-bond donors (Lipinski definition) is 7. The van der Waals surface area contributed by atoms with Crippen molar-refractivity contribution in [1.29, 1.82) is 0 Å². The zero-order valence-electron chi connectivity index (χ0n) is 33.1. The first-order valence-corrected chi connectivity index (χ1v) is 19.5. The molecule has 0 spiro atoms. The molecule has 1 amide bonds. The van der Waals surface area contributed by atoms with Crippen LogP contribution in [0.3, 0.4) is 0 Å². The number of nitrogens with zero attached hydrogens (tertiary/aromatic N) is 1. The average Bonchev–Trinajstić information content (AvgIpc) is 3.21. The molecule has 19 heteroatoms. The third kappa shape index (κ3) is 17.8. The Balaban J connectivity index is 0.000000609. The summed E-state index contributed by atoms with van der Waals surface area (Å²) in [5.74, 6) is -5.52. The lowest BCUT2D eigenvalue weighted by Crippen LogP contribution is -2.38. The number of anilines is 1. The van der Waals surface area contributed by atoms with Gasteiger partial charge in [0.05, 0.1) is 17.3 Å². The summed E-state index contributed by atoms with van der Waals surface area (Å²) in [6.07, 6.45) is -1.26. The molecule has 0 saturated carbocycles. The van der Waals surface area contributed by atoms with Crippen LogP contribution in [-0.4, -0.2) is 99.5 Å². The first-order chi connectivity index (χ1) is 28.9. The number of aliphatic carboxylic acids is 2. The topological polar surface area (TPSA) is 202 Å². The molecule has 1 saturated heterocycles. The minimum Gasteiger partial charge on any atom is -0.506 e. The number of hydrogen-bond acceptors (Lipinski definition) is 9. The maximum absolute atomic E-state index is 12.7. The monoisotopic (exact) mass is 868 g/mol. The van der Waals surface area contributed by atoms with Gasteiger partial charge in [-0.25, -0.2) is 14.4 Å². The van der Waals surface area contributed by atoms with E-state index in [2.05, 4.69) is 20.5 Å². The predicted octanol–water partition coefficient (Wildman–Crippen LogP) is 8.23. The fourth-order valence-corrected chi connectivity index (χ4v) is 6.37. The van der Waals surface area contributed by atoms with Crippen LogP contribution in [-0.2, 0) is 14.3 Å². The molecule has 1 unspecified atom stereocenters. The number of carboxylic acids is 2. The number of fused-ring (bicyclic) bond motifs is 1. The zero-order valence-corrected chi connectivity index (χ0v) is 33.1.